The molecule has 2 aromatic rings. The van der Waals surface area contributed by atoms with E-state index in [0.717, 1.165) is 0 Å². The molecule has 0 saturated heterocycles. The van der Waals surface area contributed by atoms with Crippen molar-refractivity contribution >= 4 is 27.5 Å². The first kappa shape index (κ1) is 9.61. The minimum Gasteiger partial charge on any atom is -0.272 e. The van der Waals surface area contributed by atoms with Crippen molar-refractivity contribution in [2.75, 3.05) is 0 Å². The minimum absolute atomic E-state index is 0.201. The molecule has 0 unspecified atom stereocenters. The van der Waals surface area contributed by atoms with Crippen LogP contribution in [0.5, 0.6) is 0 Å². The predicted octanol–water partition coefficient (Wildman–Crippen LogP) is 2.82. The monoisotopic (exact) mass is 275 g/mol. The Bertz CT molecular complexity index is 471. The Labute approximate surface area is 92.7 Å². The molecule has 72 valence electrons. The molecule has 0 aliphatic rings. The van der Waals surface area contributed by atoms with Gasteiger partial charge in [0.1, 0.15) is 12.1 Å². The van der Waals surface area contributed by atoms with Crippen LogP contribution in [0.25, 0.3) is 5.69 Å². The van der Waals surface area contributed by atoms with Crippen LogP contribution in [0.4, 0.5) is 4.39 Å². The third-order valence-electron chi connectivity index (χ3n) is 1.69. The lowest BCUT2D eigenvalue weighted by Gasteiger charge is -2.02. The van der Waals surface area contributed by atoms with Gasteiger partial charge in [0.05, 0.1) is 10.2 Å². The highest BCUT2D eigenvalue weighted by molar-refractivity contribution is 9.10. The van der Waals surface area contributed by atoms with Crippen molar-refractivity contribution in [3.05, 3.63) is 40.1 Å². The second-order valence-corrected chi connectivity index (χ2v) is 3.76. The molecule has 1 heterocycles. The average Bonchev–Trinajstić information content (AvgIpc) is 2.57. The van der Waals surface area contributed by atoms with Gasteiger partial charge in [-0.05, 0) is 45.7 Å². The summed E-state index contributed by atoms with van der Waals surface area (Å²) >= 11 is 8.78. The summed E-state index contributed by atoms with van der Waals surface area (Å²) in [6, 6.07) is 4.66. The lowest BCUT2D eigenvalue weighted by atomic mass is 10.3. The van der Waals surface area contributed by atoms with Crippen molar-refractivity contribution in [2.24, 2.45) is 0 Å². The van der Waals surface area contributed by atoms with Crippen LogP contribution in [0, 0.1) is 5.82 Å². The Morgan fingerprint density at radius 1 is 1.43 bits per heavy atom. The van der Waals surface area contributed by atoms with Gasteiger partial charge in [-0.1, -0.05) is 0 Å². The lowest BCUT2D eigenvalue weighted by molar-refractivity contribution is 0.620. The van der Waals surface area contributed by atoms with Gasteiger partial charge in [0, 0.05) is 0 Å². The maximum absolute atomic E-state index is 13.2. The van der Waals surface area contributed by atoms with Gasteiger partial charge >= 0.3 is 0 Å². The van der Waals surface area contributed by atoms with Crippen LogP contribution in [0.2, 0.25) is 5.28 Å². The molecule has 3 nitrogen and oxygen atoms in total. The van der Waals surface area contributed by atoms with Gasteiger partial charge in [-0.15, -0.1) is 10.2 Å². The lowest BCUT2D eigenvalue weighted by Crippen LogP contribution is -1.93. The van der Waals surface area contributed by atoms with Gasteiger partial charge in [-0.25, -0.2) is 4.39 Å². The number of aromatic nitrogens is 3. The largest absolute Gasteiger partial charge is 0.272 e. The standard InChI is InChI=1S/C8H4BrClFN3/c9-6-2-1-5(3-7(6)11)14-4-12-13-8(14)10/h1-4H. The van der Waals surface area contributed by atoms with E-state index in [-0.39, 0.29) is 11.1 Å². The summed E-state index contributed by atoms with van der Waals surface area (Å²) < 4.78 is 15.0. The van der Waals surface area contributed by atoms with Crippen LogP contribution in [-0.2, 0) is 0 Å². The first-order valence-electron chi connectivity index (χ1n) is 3.69. The van der Waals surface area contributed by atoms with Crippen LogP contribution in [-0.4, -0.2) is 14.8 Å². The molecule has 0 radical (unpaired) electrons. The topological polar surface area (TPSA) is 30.7 Å². The average molecular weight is 276 g/mol. The third-order valence-corrected chi connectivity index (χ3v) is 2.59. The molecule has 0 saturated carbocycles. The van der Waals surface area contributed by atoms with E-state index >= 15 is 0 Å². The molecular weight excluding hydrogens is 272 g/mol. The second kappa shape index (κ2) is 3.67. The van der Waals surface area contributed by atoms with Crippen molar-refractivity contribution in [1.29, 1.82) is 0 Å². The molecule has 1 aromatic carbocycles. The normalized spacial score (nSPS) is 10.5. The Balaban J connectivity index is 2.53. The van der Waals surface area contributed by atoms with Gasteiger partial charge in [-0.2, -0.15) is 0 Å². The Morgan fingerprint density at radius 3 is 2.79 bits per heavy atom. The molecule has 0 aliphatic heterocycles. The highest BCUT2D eigenvalue weighted by Gasteiger charge is 2.05. The fraction of sp³-hybridized carbons (Fsp3) is 0. The molecule has 14 heavy (non-hydrogen) atoms. The van der Waals surface area contributed by atoms with E-state index in [0.29, 0.717) is 10.2 Å². The first-order valence-corrected chi connectivity index (χ1v) is 4.86. The highest BCUT2D eigenvalue weighted by Crippen LogP contribution is 2.20. The van der Waals surface area contributed by atoms with Crippen molar-refractivity contribution in [2.45, 2.75) is 0 Å². The smallest absolute Gasteiger partial charge is 0.229 e. The molecule has 0 amide bonds. The van der Waals surface area contributed by atoms with Gasteiger partial charge in [-0.3, -0.25) is 4.57 Å². The second-order valence-electron chi connectivity index (χ2n) is 2.57. The Hall–Kier alpha value is -0.940. The van der Waals surface area contributed by atoms with Gasteiger partial charge < -0.3 is 0 Å². The molecule has 0 bridgehead atoms. The van der Waals surface area contributed by atoms with Crippen LogP contribution >= 0.6 is 27.5 Å². The summed E-state index contributed by atoms with van der Waals surface area (Å²) in [6.07, 6.45) is 1.42. The van der Waals surface area contributed by atoms with E-state index in [1.54, 1.807) is 12.1 Å². The molecule has 6 heteroatoms. The van der Waals surface area contributed by atoms with Gasteiger partial charge in [0.2, 0.25) is 5.28 Å². The van der Waals surface area contributed by atoms with Gasteiger partial charge in [0.15, 0.2) is 0 Å². The number of hydrogen-bond donors (Lipinski definition) is 0. The molecule has 0 N–H and O–H groups in total. The van der Waals surface area contributed by atoms with E-state index in [4.69, 9.17) is 11.6 Å². The summed E-state index contributed by atoms with van der Waals surface area (Å²) in [4.78, 5) is 0. The number of nitrogens with zero attached hydrogens (tertiary/aromatic N) is 3. The zero-order valence-corrected chi connectivity index (χ0v) is 9.13. The van der Waals surface area contributed by atoms with Crippen LogP contribution < -0.4 is 0 Å². The Morgan fingerprint density at radius 2 is 2.21 bits per heavy atom. The van der Waals surface area contributed by atoms with E-state index in [9.17, 15) is 4.39 Å². The molecule has 2 rings (SSSR count). The van der Waals surface area contributed by atoms with Crippen molar-refractivity contribution in [1.82, 2.24) is 14.8 Å². The number of rotatable bonds is 1. The number of hydrogen-bond acceptors (Lipinski definition) is 2. The summed E-state index contributed by atoms with van der Waals surface area (Å²) in [7, 11) is 0. The zero-order chi connectivity index (χ0) is 10.1. The van der Waals surface area contributed by atoms with E-state index in [1.165, 1.54) is 17.0 Å². The van der Waals surface area contributed by atoms with Crippen LogP contribution in [0.1, 0.15) is 0 Å². The fourth-order valence-electron chi connectivity index (χ4n) is 1.03. The molecular formula is C8H4BrClFN3. The fourth-order valence-corrected chi connectivity index (χ4v) is 1.46. The van der Waals surface area contributed by atoms with Crippen molar-refractivity contribution in [3.8, 4) is 5.69 Å². The zero-order valence-electron chi connectivity index (χ0n) is 6.78. The summed E-state index contributed by atoms with van der Waals surface area (Å²) in [5, 5.41) is 7.39. The number of halogens is 3. The molecule has 0 aliphatic carbocycles. The van der Waals surface area contributed by atoms with Crippen molar-refractivity contribution < 1.29 is 4.39 Å². The Kier molecular flexibility index (Phi) is 2.52. The predicted molar refractivity (Wildman–Crippen MR) is 54.0 cm³/mol. The van der Waals surface area contributed by atoms with Crippen molar-refractivity contribution in [3.63, 3.8) is 0 Å². The maximum atomic E-state index is 13.2. The number of benzene rings is 1. The molecule has 0 fully saturated rings. The van der Waals surface area contributed by atoms with Crippen LogP contribution in [0.3, 0.4) is 0 Å². The third kappa shape index (κ3) is 1.65. The van der Waals surface area contributed by atoms with Gasteiger partial charge in [0.25, 0.3) is 0 Å². The summed E-state index contributed by atoms with van der Waals surface area (Å²) in [5.74, 6) is -0.354. The quantitative estimate of drug-likeness (QED) is 0.802. The molecule has 0 spiro atoms. The van der Waals surface area contributed by atoms with E-state index in [1.807, 2.05) is 0 Å². The van der Waals surface area contributed by atoms with E-state index in [2.05, 4.69) is 26.1 Å². The summed E-state index contributed by atoms with van der Waals surface area (Å²) in [6.45, 7) is 0. The SMILES string of the molecule is Fc1cc(-n2cnnc2Cl)ccc1Br. The van der Waals surface area contributed by atoms with E-state index < -0.39 is 0 Å². The van der Waals surface area contributed by atoms with Crippen LogP contribution in [0.15, 0.2) is 29.0 Å². The molecule has 0 atom stereocenters. The minimum atomic E-state index is -0.354. The molecule has 1 aromatic heterocycles. The summed E-state index contributed by atoms with van der Waals surface area (Å²) in [5.41, 5.74) is 0.584. The highest BCUT2D eigenvalue weighted by atomic mass is 79.9. The first-order chi connectivity index (χ1) is 6.68. The maximum Gasteiger partial charge on any atom is 0.229 e.